The quantitative estimate of drug-likeness (QED) is 0.309. The first-order valence-corrected chi connectivity index (χ1v) is 4.59. The first kappa shape index (κ1) is 31.1. The molecule has 0 fully saturated rings. The van der Waals surface area contributed by atoms with Gasteiger partial charge in [0.25, 0.3) is 0 Å². The third kappa shape index (κ3) is 31.8. The monoisotopic (exact) mass is 306 g/mol. The second kappa shape index (κ2) is 14.0. The molecule has 64 valence electrons. The third-order valence-electron chi connectivity index (χ3n) is 0.213. The van der Waals surface area contributed by atoms with E-state index in [1.54, 1.807) is 0 Å². The molecule has 0 rings (SSSR count). The first-order valence-electron chi connectivity index (χ1n) is 1.53. The van der Waals surface area contributed by atoms with E-state index >= 15 is 0 Å². The van der Waals surface area contributed by atoms with Gasteiger partial charge in [-0.2, -0.15) is 4.31 Å². The minimum atomic E-state index is -5.05. The van der Waals surface area contributed by atoms with Crippen molar-refractivity contribution in [3.05, 3.63) is 0 Å². The summed E-state index contributed by atoms with van der Waals surface area (Å²) in [6, 6.07) is 0. The standard InChI is InChI=1S/2K.2Na.H4O7P2.4H/c;;;;1-8(2,3)7-9(4,5)6;;;;/h;;;;(H2,1,2,3)(H2,4,5,6);;;;. The molecule has 0 unspecified atom stereocenters. The van der Waals surface area contributed by atoms with Crippen LogP contribution in [0.3, 0.4) is 0 Å². The molecule has 0 radical (unpaired) electrons. The van der Waals surface area contributed by atoms with E-state index in [1.165, 1.54) is 0 Å². The normalized spacial score (nSPS) is 9.54. The van der Waals surface area contributed by atoms with Crippen molar-refractivity contribution in [2.45, 2.75) is 0 Å². The molecule has 0 amide bonds. The molecule has 0 saturated heterocycles. The van der Waals surface area contributed by atoms with Crippen LogP contribution in [0, 0.1) is 0 Å². The zero-order valence-electron chi connectivity index (χ0n) is 3.91. The SMILES string of the molecule is O=P(O)(O)OP(=O)(O)O.[KH].[KH].[NaH].[NaH]. The molecule has 4 N–H and O–H groups in total. The Balaban J connectivity index is -0.0000000533. The fourth-order valence-electron chi connectivity index (χ4n) is 0.139. The molecular weight excluding hydrogens is 298 g/mol. The Bertz CT molecular complexity index is 163. The van der Waals surface area contributed by atoms with Gasteiger partial charge in [-0.25, -0.2) is 9.13 Å². The van der Waals surface area contributed by atoms with E-state index in [9.17, 15) is 9.13 Å². The Labute approximate surface area is 204 Å². The van der Waals surface area contributed by atoms with E-state index in [1.807, 2.05) is 0 Å². The molecule has 7 nitrogen and oxygen atoms in total. The Kier molecular flexibility index (Phi) is 33.4. The van der Waals surface area contributed by atoms with Crippen molar-refractivity contribution < 1.29 is 33.0 Å². The summed E-state index contributed by atoms with van der Waals surface area (Å²) in [4.78, 5) is 31.0. The molecule has 0 spiro atoms. The van der Waals surface area contributed by atoms with Crippen LogP contribution in [0.4, 0.5) is 0 Å². The number of rotatable bonds is 2. The average Bonchev–Trinajstić information content (AvgIpc) is 1.14. The van der Waals surface area contributed by atoms with E-state index in [0.717, 1.165) is 0 Å². The predicted octanol–water partition coefficient (Wildman–Crippen LogP) is -3.41. The Hall–Kier alpha value is 5.53. The molecule has 0 aromatic heterocycles. The van der Waals surface area contributed by atoms with Crippen molar-refractivity contribution in [1.82, 2.24) is 0 Å². The van der Waals surface area contributed by atoms with Gasteiger partial charge in [-0.05, 0) is 0 Å². The molecule has 0 saturated carbocycles. The van der Waals surface area contributed by atoms with Gasteiger partial charge in [0.2, 0.25) is 0 Å². The Morgan fingerprint density at radius 2 is 0.923 bits per heavy atom. The first-order chi connectivity index (χ1) is 3.71. The molecule has 0 bridgehead atoms. The summed E-state index contributed by atoms with van der Waals surface area (Å²) in [5, 5.41) is 0. The van der Waals surface area contributed by atoms with Crippen molar-refractivity contribution in [2.75, 3.05) is 0 Å². The van der Waals surface area contributed by atoms with Crippen molar-refractivity contribution >= 4 is 178 Å². The molecule has 0 aliphatic rings. The van der Waals surface area contributed by atoms with Crippen molar-refractivity contribution in [3.8, 4) is 0 Å². The molecule has 0 aliphatic carbocycles. The van der Waals surface area contributed by atoms with Gasteiger partial charge < -0.3 is 19.6 Å². The zero-order valence-corrected chi connectivity index (χ0v) is 5.70. The fraction of sp³-hybridized carbons (Fsp3) is 0. The van der Waals surface area contributed by atoms with Gasteiger partial charge in [-0.15, -0.1) is 0 Å². The van der Waals surface area contributed by atoms with Gasteiger partial charge in [-0.1, -0.05) is 0 Å². The second-order valence-electron chi connectivity index (χ2n) is 1.06. The summed E-state index contributed by atoms with van der Waals surface area (Å²) >= 11 is 0. The maximum atomic E-state index is 9.63. The van der Waals surface area contributed by atoms with Crippen LogP contribution in [0.5, 0.6) is 0 Å². The molecular formula is H8K2Na2O7P2. The van der Waals surface area contributed by atoms with Gasteiger partial charge in [0.05, 0.1) is 0 Å². The predicted molar refractivity (Wildman–Crippen MR) is 53.8 cm³/mol. The third-order valence-corrected chi connectivity index (χ3v) is 1.91. The molecule has 0 aromatic carbocycles. The Morgan fingerprint density at radius 1 is 0.769 bits per heavy atom. The van der Waals surface area contributed by atoms with E-state index in [2.05, 4.69) is 4.31 Å². The fourth-order valence-corrected chi connectivity index (χ4v) is 1.25. The summed E-state index contributed by atoms with van der Waals surface area (Å²) in [5.41, 5.74) is 0. The summed E-state index contributed by atoms with van der Waals surface area (Å²) in [7, 11) is -10.1. The maximum absolute atomic E-state index is 9.63. The van der Waals surface area contributed by atoms with Crippen LogP contribution in [0.15, 0.2) is 0 Å². The van der Waals surface area contributed by atoms with Crippen LogP contribution in [-0.2, 0) is 13.4 Å². The second-order valence-corrected chi connectivity index (χ2v) is 3.68. The van der Waals surface area contributed by atoms with Gasteiger partial charge in [-0.3, -0.25) is 0 Å². The van der Waals surface area contributed by atoms with Gasteiger partial charge in [0.1, 0.15) is 0 Å². The molecule has 0 aliphatic heterocycles. The van der Waals surface area contributed by atoms with Crippen LogP contribution < -0.4 is 0 Å². The van der Waals surface area contributed by atoms with E-state index in [0.29, 0.717) is 0 Å². The number of hydrogen-bond donors (Lipinski definition) is 4. The van der Waals surface area contributed by atoms with Crippen LogP contribution in [0.25, 0.3) is 0 Å². The summed E-state index contributed by atoms with van der Waals surface area (Å²) < 4.78 is 22.2. The van der Waals surface area contributed by atoms with Gasteiger partial charge in [0.15, 0.2) is 0 Å². The molecule has 0 heterocycles. The molecule has 0 aromatic rings. The van der Waals surface area contributed by atoms with Gasteiger partial charge >= 0.3 is 178 Å². The van der Waals surface area contributed by atoms with Crippen molar-refractivity contribution in [1.29, 1.82) is 0 Å². The van der Waals surface area contributed by atoms with Crippen LogP contribution in [0.2, 0.25) is 0 Å². The van der Waals surface area contributed by atoms with Crippen molar-refractivity contribution in [3.63, 3.8) is 0 Å². The van der Waals surface area contributed by atoms with Crippen molar-refractivity contribution in [2.24, 2.45) is 0 Å². The molecule has 13 heavy (non-hydrogen) atoms. The summed E-state index contributed by atoms with van der Waals surface area (Å²) in [6.07, 6.45) is 0. The number of hydrogen-bond acceptors (Lipinski definition) is 3. The molecule has 0 atom stereocenters. The topological polar surface area (TPSA) is 124 Å². The number of phosphoric acid groups is 2. The van der Waals surface area contributed by atoms with Crippen LogP contribution in [0.1, 0.15) is 0 Å². The Morgan fingerprint density at radius 3 is 0.923 bits per heavy atom. The van der Waals surface area contributed by atoms with E-state index in [-0.39, 0.29) is 162 Å². The average molecular weight is 306 g/mol. The van der Waals surface area contributed by atoms with Gasteiger partial charge in [0, 0.05) is 0 Å². The summed E-state index contributed by atoms with van der Waals surface area (Å²) in [5.74, 6) is 0. The summed E-state index contributed by atoms with van der Waals surface area (Å²) in [6.45, 7) is 0. The minimum absolute atomic E-state index is 0. The van der Waals surface area contributed by atoms with E-state index < -0.39 is 15.6 Å². The van der Waals surface area contributed by atoms with Crippen LogP contribution in [-0.4, -0.2) is 181 Å². The van der Waals surface area contributed by atoms with Crippen LogP contribution >= 0.6 is 15.6 Å². The van der Waals surface area contributed by atoms with E-state index in [4.69, 9.17) is 19.6 Å². The molecule has 13 heteroatoms. The zero-order chi connectivity index (χ0) is 7.71.